The van der Waals surface area contributed by atoms with Gasteiger partial charge in [0.1, 0.15) is 0 Å². The summed E-state index contributed by atoms with van der Waals surface area (Å²) < 4.78 is 5.03. The van der Waals surface area contributed by atoms with Gasteiger partial charge in [-0.3, -0.25) is 0 Å². The van der Waals surface area contributed by atoms with Crippen molar-refractivity contribution in [2.24, 2.45) is 0 Å². The molecule has 1 N–H and O–H groups in total. The van der Waals surface area contributed by atoms with Crippen LogP contribution in [0.2, 0.25) is 5.02 Å². The molecule has 0 fully saturated rings. The Hall–Kier alpha value is -2.00. The number of para-hydroxylation sites is 1. The molecule has 1 atom stereocenters. The molecule has 0 aromatic heterocycles. The topological polar surface area (TPSA) is 38.3 Å². The molecule has 4 heteroatoms. The van der Waals surface area contributed by atoms with Crippen LogP contribution in [0.25, 0.3) is 0 Å². The minimum absolute atomic E-state index is 0.337. The normalized spacial score (nSPS) is 13.3. The predicted octanol–water partition coefficient (Wildman–Crippen LogP) is 4.23. The van der Waals surface area contributed by atoms with Crippen LogP contribution < -0.4 is 5.32 Å². The van der Waals surface area contributed by atoms with E-state index in [1.165, 1.54) is 7.11 Å². The SMILES string of the molecule is CCC(Nc1ccccc1Cl)(C(=O)OC)c1ccccc1. The number of anilines is 1. The van der Waals surface area contributed by atoms with E-state index >= 15 is 0 Å². The molecule has 3 nitrogen and oxygen atoms in total. The van der Waals surface area contributed by atoms with E-state index < -0.39 is 5.54 Å². The van der Waals surface area contributed by atoms with Crippen molar-refractivity contribution in [1.82, 2.24) is 0 Å². The van der Waals surface area contributed by atoms with Gasteiger partial charge in [0.25, 0.3) is 0 Å². The minimum atomic E-state index is -0.957. The van der Waals surface area contributed by atoms with Crippen LogP contribution in [-0.2, 0) is 15.1 Å². The average molecular weight is 304 g/mol. The number of methoxy groups -OCH3 is 1. The van der Waals surface area contributed by atoms with Gasteiger partial charge < -0.3 is 10.1 Å². The molecule has 21 heavy (non-hydrogen) atoms. The molecular weight excluding hydrogens is 286 g/mol. The summed E-state index contributed by atoms with van der Waals surface area (Å²) in [6.45, 7) is 1.94. The molecule has 2 aromatic carbocycles. The molecule has 0 aliphatic heterocycles. The minimum Gasteiger partial charge on any atom is -0.467 e. The van der Waals surface area contributed by atoms with Gasteiger partial charge in [-0.15, -0.1) is 0 Å². The van der Waals surface area contributed by atoms with Gasteiger partial charge in [0.05, 0.1) is 17.8 Å². The number of esters is 1. The maximum Gasteiger partial charge on any atom is 0.336 e. The first-order valence-electron chi connectivity index (χ1n) is 6.80. The van der Waals surface area contributed by atoms with E-state index in [1.54, 1.807) is 6.07 Å². The first-order valence-corrected chi connectivity index (χ1v) is 7.18. The molecular formula is C17H18ClNO2. The third-order valence-electron chi connectivity index (χ3n) is 3.55. The zero-order chi connectivity index (χ0) is 15.3. The monoisotopic (exact) mass is 303 g/mol. The van der Waals surface area contributed by atoms with Crippen LogP contribution >= 0.6 is 11.6 Å². The highest BCUT2D eigenvalue weighted by Crippen LogP contribution is 2.33. The Bertz CT molecular complexity index is 615. The maximum atomic E-state index is 12.5. The number of carbonyl (C=O) groups excluding carboxylic acids is 1. The second-order valence-electron chi connectivity index (χ2n) is 4.72. The third kappa shape index (κ3) is 3.03. The van der Waals surface area contributed by atoms with Crippen LogP contribution in [0.3, 0.4) is 0 Å². The number of ether oxygens (including phenoxy) is 1. The number of benzene rings is 2. The van der Waals surface area contributed by atoms with Crippen molar-refractivity contribution >= 4 is 23.3 Å². The fourth-order valence-electron chi connectivity index (χ4n) is 2.37. The summed E-state index contributed by atoms with van der Waals surface area (Å²) in [6.07, 6.45) is 0.537. The lowest BCUT2D eigenvalue weighted by Gasteiger charge is -2.32. The summed E-state index contributed by atoms with van der Waals surface area (Å²) in [5.41, 5.74) is 0.593. The molecule has 0 radical (unpaired) electrons. The standard InChI is InChI=1S/C17H18ClNO2/c1-3-17(16(20)21-2,13-9-5-4-6-10-13)19-15-12-8-7-11-14(15)18/h4-12,19H,3H2,1-2H3. The zero-order valence-corrected chi connectivity index (χ0v) is 12.9. The van der Waals surface area contributed by atoms with Crippen molar-refractivity contribution in [1.29, 1.82) is 0 Å². The van der Waals surface area contributed by atoms with Crippen molar-refractivity contribution in [2.45, 2.75) is 18.9 Å². The van der Waals surface area contributed by atoms with E-state index in [1.807, 2.05) is 55.5 Å². The van der Waals surface area contributed by atoms with E-state index in [-0.39, 0.29) is 5.97 Å². The van der Waals surface area contributed by atoms with E-state index in [4.69, 9.17) is 16.3 Å². The summed E-state index contributed by atoms with van der Waals surface area (Å²) in [7, 11) is 1.39. The summed E-state index contributed by atoms with van der Waals surface area (Å²) in [4.78, 5) is 12.5. The first kappa shape index (κ1) is 15.4. The van der Waals surface area contributed by atoms with Crippen LogP contribution in [0.4, 0.5) is 5.69 Å². The number of hydrogen-bond donors (Lipinski definition) is 1. The second kappa shape index (κ2) is 6.64. The lowest BCUT2D eigenvalue weighted by molar-refractivity contribution is -0.146. The molecule has 0 amide bonds. The molecule has 0 heterocycles. The van der Waals surface area contributed by atoms with Crippen molar-refractivity contribution in [3.05, 3.63) is 65.2 Å². The largest absolute Gasteiger partial charge is 0.467 e. The van der Waals surface area contributed by atoms with Crippen LogP contribution in [-0.4, -0.2) is 13.1 Å². The second-order valence-corrected chi connectivity index (χ2v) is 5.13. The van der Waals surface area contributed by atoms with Gasteiger partial charge in [-0.25, -0.2) is 4.79 Å². The Morgan fingerprint density at radius 3 is 2.33 bits per heavy atom. The van der Waals surface area contributed by atoms with Gasteiger partial charge in [-0.05, 0) is 24.1 Å². The molecule has 0 aliphatic rings. The molecule has 110 valence electrons. The van der Waals surface area contributed by atoms with Crippen LogP contribution in [0.15, 0.2) is 54.6 Å². The highest BCUT2D eigenvalue weighted by molar-refractivity contribution is 6.33. The highest BCUT2D eigenvalue weighted by atomic mass is 35.5. The van der Waals surface area contributed by atoms with Gasteiger partial charge in [-0.1, -0.05) is 61.0 Å². The Balaban J connectivity index is 2.51. The lowest BCUT2D eigenvalue weighted by atomic mass is 9.86. The molecule has 2 rings (SSSR count). The molecule has 0 saturated carbocycles. The molecule has 0 aliphatic carbocycles. The maximum absolute atomic E-state index is 12.5. The van der Waals surface area contributed by atoms with Gasteiger partial charge in [-0.2, -0.15) is 0 Å². The van der Waals surface area contributed by atoms with Crippen molar-refractivity contribution in [2.75, 3.05) is 12.4 Å². The van der Waals surface area contributed by atoms with Crippen molar-refractivity contribution < 1.29 is 9.53 Å². The Morgan fingerprint density at radius 1 is 1.14 bits per heavy atom. The molecule has 0 spiro atoms. The zero-order valence-electron chi connectivity index (χ0n) is 12.1. The predicted molar refractivity (Wildman–Crippen MR) is 85.5 cm³/mol. The average Bonchev–Trinajstić information content (AvgIpc) is 2.54. The summed E-state index contributed by atoms with van der Waals surface area (Å²) in [5.74, 6) is -0.337. The summed E-state index contributed by atoms with van der Waals surface area (Å²) >= 11 is 6.21. The quantitative estimate of drug-likeness (QED) is 0.840. The van der Waals surface area contributed by atoms with Crippen LogP contribution in [0.5, 0.6) is 0 Å². The smallest absolute Gasteiger partial charge is 0.336 e. The molecule has 2 aromatic rings. The molecule has 0 saturated heterocycles. The van der Waals surface area contributed by atoms with Gasteiger partial charge >= 0.3 is 5.97 Å². The lowest BCUT2D eigenvalue weighted by Crippen LogP contribution is -2.44. The molecule has 0 bridgehead atoms. The van der Waals surface area contributed by atoms with Crippen LogP contribution in [0.1, 0.15) is 18.9 Å². The fourth-order valence-corrected chi connectivity index (χ4v) is 2.55. The molecule has 1 unspecified atom stereocenters. The van der Waals surface area contributed by atoms with Gasteiger partial charge in [0, 0.05) is 0 Å². The Labute approximate surface area is 129 Å². The van der Waals surface area contributed by atoms with Gasteiger partial charge in [0.2, 0.25) is 0 Å². The summed E-state index contributed by atoms with van der Waals surface area (Å²) in [6, 6.07) is 16.9. The van der Waals surface area contributed by atoms with E-state index in [9.17, 15) is 4.79 Å². The fraction of sp³-hybridized carbons (Fsp3) is 0.235. The Kier molecular flexibility index (Phi) is 4.86. The van der Waals surface area contributed by atoms with Gasteiger partial charge in [0.15, 0.2) is 5.54 Å². The van der Waals surface area contributed by atoms with E-state index in [2.05, 4.69) is 5.32 Å². The number of hydrogen-bond acceptors (Lipinski definition) is 3. The van der Waals surface area contributed by atoms with Crippen molar-refractivity contribution in [3.8, 4) is 0 Å². The highest BCUT2D eigenvalue weighted by Gasteiger charge is 2.40. The third-order valence-corrected chi connectivity index (χ3v) is 3.88. The number of nitrogens with one attached hydrogen (secondary N) is 1. The number of carbonyl (C=O) groups is 1. The summed E-state index contributed by atoms with van der Waals surface area (Å²) in [5, 5.41) is 3.84. The van der Waals surface area contributed by atoms with E-state index in [0.717, 1.165) is 5.56 Å². The number of halogens is 1. The van der Waals surface area contributed by atoms with Crippen molar-refractivity contribution in [3.63, 3.8) is 0 Å². The number of rotatable bonds is 5. The van der Waals surface area contributed by atoms with E-state index in [0.29, 0.717) is 17.1 Å². The van der Waals surface area contributed by atoms with Crippen LogP contribution in [0, 0.1) is 0 Å². The Morgan fingerprint density at radius 2 is 1.76 bits per heavy atom. The first-order chi connectivity index (χ1) is 10.1.